The highest BCUT2D eigenvalue weighted by Gasteiger charge is 2.17. The van der Waals surface area contributed by atoms with Crippen LogP contribution in [0.2, 0.25) is 0 Å². The molecule has 0 nitrogen and oxygen atoms in total. The third kappa shape index (κ3) is 3.00. The van der Waals surface area contributed by atoms with E-state index < -0.39 is 0 Å². The summed E-state index contributed by atoms with van der Waals surface area (Å²) in [7, 11) is 0. The lowest BCUT2D eigenvalue weighted by Crippen LogP contribution is -2.12. The van der Waals surface area contributed by atoms with Crippen molar-refractivity contribution in [1.29, 1.82) is 0 Å². The van der Waals surface area contributed by atoms with E-state index in [1.165, 1.54) is 32.1 Å². The monoisotopic (exact) mass is 166 g/mol. The van der Waals surface area contributed by atoms with Crippen molar-refractivity contribution >= 4 is 0 Å². The van der Waals surface area contributed by atoms with E-state index in [9.17, 15) is 0 Å². The lowest BCUT2D eigenvalue weighted by Gasteiger charge is -2.26. The van der Waals surface area contributed by atoms with E-state index in [1.807, 2.05) is 0 Å². The van der Waals surface area contributed by atoms with Crippen molar-refractivity contribution in [3.63, 3.8) is 0 Å². The van der Waals surface area contributed by atoms with Gasteiger partial charge in [-0.15, -0.1) is 0 Å². The van der Waals surface area contributed by atoms with E-state index in [0.29, 0.717) is 0 Å². The minimum atomic E-state index is 0.993. The van der Waals surface area contributed by atoms with Crippen molar-refractivity contribution in [2.75, 3.05) is 0 Å². The van der Waals surface area contributed by atoms with Gasteiger partial charge in [-0.05, 0) is 44.9 Å². The van der Waals surface area contributed by atoms with Crippen molar-refractivity contribution in [2.45, 2.75) is 52.9 Å². The highest BCUT2D eigenvalue weighted by Crippen LogP contribution is 2.31. The van der Waals surface area contributed by atoms with Crippen LogP contribution in [0, 0.1) is 11.8 Å². The highest BCUT2D eigenvalue weighted by atomic mass is 14.2. The second kappa shape index (κ2) is 4.69. The molecule has 12 heavy (non-hydrogen) atoms. The first-order chi connectivity index (χ1) is 5.72. The fourth-order valence-electron chi connectivity index (χ4n) is 2.11. The van der Waals surface area contributed by atoms with E-state index in [1.54, 1.807) is 5.57 Å². The molecule has 1 aliphatic carbocycles. The van der Waals surface area contributed by atoms with E-state index >= 15 is 0 Å². The lowest BCUT2D eigenvalue weighted by molar-refractivity contribution is 0.288. The van der Waals surface area contributed by atoms with Crippen molar-refractivity contribution in [1.82, 2.24) is 0 Å². The predicted octanol–water partition coefficient (Wildman–Crippen LogP) is 4.17. The molecular weight excluding hydrogens is 144 g/mol. The molecule has 0 spiro atoms. The number of rotatable bonds is 2. The van der Waals surface area contributed by atoms with Crippen LogP contribution in [0.15, 0.2) is 11.6 Å². The Morgan fingerprint density at radius 2 is 1.83 bits per heavy atom. The molecule has 1 aliphatic rings. The third-order valence-electron chi connectivity index (χ3n) is 3.24. The minimum Gasteiger partial charge on any atom is -0.0887 e. The SMILES string of the molecule is C/C=C(\C)CC1CCC(C)CC1. The van der Waals surface area contributed by atoms with Gasteiger partial charge >= 0.3 is 0 Å². The van der Waals surface area contributed by atoms with Gasteiger partial charge < -0.3 is 0 Å². The normalized spacial score (nSPS) is 32.1. The Morgan fingerprint density at radius 3 is 2.33 bits per heavy atom. The Hall–Kier alpha value is -0.260. The lowest BCUT2D eigenvalue weighted by atomic mass is 9.80. The predicted molar refractivity (Wildman–Crippen MR) is 55.2 cm³/mol. The Labute approximate surface area is 77.1 Å². The molecule has 0 bridgehead atoms. The Bertz CT molecular complexity index is 147. The van der Waals surface area contributed by atoms with Gasteiger partial charge in [0.25, 0.3) is 0 Å². The van der Waals surface area contributed by atoms with E-state index in [2.05, 4.69) is 26.8 Å². The molecule has 0 heteroatoms. The van der Waals surface area contributed by atoms with Gasteiger partial charge in [0.05, 0.1) is 0 Å². The van der Waals surface area contributed by atoms with Crippen LogP contribution >= 0.6 is 0 Å². The summed E-state index contributed by atoms with van der Waals surface area (Å²) >= 11 is 0. The van der Waals surface area contributed by atoms with E-state index in [4.69, 9.17) is 0 Å². The quantitative estimate of drug-likeness (QED) is 0.540. The van der Waals surface area contributed by atoms with Crippen LogP contribution in [0.4, 0.5) is 0 Å². The smallest absolute Gasteiger partial charge is 0.0295 e. The van der Waals surface area contributed by atoms with Crippen molar-refractivity contribution in [3.05, 3.63) is 11.6 Å². The van der Waals surface area contributed by atoms with Crippen LogP contribution in [0.25, 0.3) is 0 Å². The molecule has 0 aromatic heterocycles. The van der Waals surface area contributed by atoms with Crippen molar-refractivity contribution in [3.8, 4) is 0 Å². The van der Waals surface area contributed by atoms with Crippen LogP contribution in [0.1, 0.15) is 52.9 Å². The maximum absolute atomic E-state index is 2.39. The number of hydrogen-bond acceptors (Lipinski definition) is 0. The third-order valence-corrected chi connectivity index (χ3v) is 3.24. The summed E-state index contributed by atoms with van der Waals surface area (Å²) in [5.74, 6) is 1.99. The Balaban J connectivity index is 2.26. The molecule has 1 saturated carbocycles. The summed E-state index contributed by atoms with van der Waals surface area (Å²) < 4.78 is 0. The first-order valence-corrected chi connectivity index (χ1v) is 5.34. The molecule has 0 aromatic rings. The topological polar surface area (TPSA) is 0 Å². The van der Waals surface area contributed by atoms with Crippen LogP contribution in [0.5, 0.6) is 0 Å². The summed E-state index contributed by atoms with van der Waals surface area (Å²) in [5, 5.41) is 0. The summed E-state index contributed by atoms with van der Waals surface area (Å²) in [4.78, 5) is 0. The van der Waals surface area contributed by atoms with Gasteiger partial charge in [-0.2, -0.15) is 0 Å². The molecule has 0 aliphatic heterocycles. The Kier molecular flexibility index (Phi) is 3.84. The maximum atomic E-state index is 2.39. The summed E-state index contributed by atoms with van der Waals surface area (Å²) in [6.07, 6.45) is 9.46. The van der Waals surface area contributed by atoms with Crippen LogP contribution < -0.4 is 0 Å². The molecule has 0 radical (unpaired) electrons. The maximum Gasteiger partial charge on any atom is -0.0295 e. The zero-order chi connectivity index (χ0) is 8.97. The fourth-order valence-corrected chi connectivity index (χ4v) is 2.11. The van der Waals surface area contributed by atoms with Gasteiger partial charge in [0.2, 0.25) is 0 Å². The van der Waals surface area contributed by atoms with Gasteiger partial charge in [-0.1, -0.05) is 31.4 Å². The Morgan fingerprint density at radius 1 is 1.25 bits per heavy atom. The molecule has 0 N–H and O–H groups in total. The molecule has 0 unspecified atom stereocenters. The highest BCUT2D eigenvalue weighted by molar-refractivity contribution is 4.97. The summed E-state index contributed by atoms with van der Waals surface area (Å²) in [6, 6.07) is 0. The number of allylic oxidation sites excluding steroid dienone is 2. The van der Waals surface area contributed by atoms with Crippen molar-refractivity contribution < 1.29 is 0 Å². The van der Waals surface area contributed by atoms with Crippen LogP contribution in [-0.2, 0) is 0 Å². The minimum absolute atomic E-state index is 0.993. The van der Waals surface area contributed by atoms with E-state index in [0.717, 1.165) is 11.8 Å². The standard InChI is InChI=1S/C12H22/c1-4-10(2)9-12-7-5-11(3)6-8-12/h4,11-12H,5-9H2,1-3H3/b10-4+. The molecule has 0 atom stereocenters. The molecule has 0 heterocycles. The van der Waals surface area contributed by atoms with Gasteiger partial charge in [0, 0.05) is 0 Å². The first kappa shape index (κ1) is 9.83. The second-order valence-corrected chi connectivity index (χ2v) is 4.47. The number of hydrogen-bond donors (Lipinski definition) is 0. The van der Waals surface area contributed by atoms with Gasteiger partial charge in [0.1, 0.15) is 0 Å². The van der Waals surface area contributed by atoms with E-state index in [-0.39, 0.29) is 0 Å². The average Bonchev–Trinajstić information content (AvgIpc) is 2.09. The summed E-state index contributed by atoms with van der Waals surface area (Å²) in [6.45, 7) is 6.80. The molecular formula is C12H22. The van der Waals surface area contributed by atoms with Gasteiger partial charge in [-0.25, -0.2) is 0 Å². The largest absolute Gasteiger partial charge is 0.0887 e. The molecule has 0 saturated heterocycles. The first-order valence-electron chi connectivity index (χ1n) is 5.34. The van der Waals surface area contributed by atoms with Crippen LogP contribution in [0.3, 0.4) is 0 Å². The summed E-state index contributed by atoms with van der Waals surface area (Å²) in [5.41, 5.74) is 1.58. The zero-order valence-electron chi connectivity index (χ0n) is 8.77. The van der Waals surface area contributed by atoms with Crippen LogP contribution in [-0.4, -0.2) is 0 Å². The van der Waals surface area contributed by atoms with Crippen molar-refractivity contribution in [2.24, 2.45) is 11.8 Å². The fraction of sp³-hybridized carbons (Fsp3) is 0.833. The molecule has 1 fully saturated rings. The molecule has 70 valence electrons. The average molecular weight is 166 g/mol. The van der Waals surface area contributed by atoms with Gasteiger partial charge in [-0.3, -0.25) is 0 Å². The molecule has 0 amide bonds. The van der Waals surface area contributed by atoms with Gasteiger partial charge in [0.15, 0.2) is 0 Å². The molecule has 1 rings (SSSR count). The second-order valence-electron chi connectivity index (χ2n) is 4.47. The molecule has 0 aromatic carbocycles. The zero-order valence-corrected chi connectivity index (χ0v) is 8.77.